The van der Waals surface area contributed by atoms with Crippen molar-refractivity contribution < 1.29 is 4.79 Å². The fraction of sp³-hybridized carbons (Fsp3) is 0.611. The van der Waals surface area contributed by atoms with Crippen LogP contribution in [0.4, 0.5) is 0 Å². The Morgan fingerprint density at radius 2 is 1.77 bits per heavy atom. The number of carbonyl (C=O) groups excluding carboxylic acids is 1. The van der Waals surface area contributed by atoms with E-state index in [-0.39, 0.29) is 5.91 Å². The van der Waals surface area contributed by atoms with Gasteiger partial charge in [-0.2, -0.15) is 0 Å². The number of likely N-dealkylation sites (tertiary alicyclic amines) is 1. The second-order valence-electron chi connectivity index (χ2n) is 6.27. The summed E-state index contributed by atoms with van der Waals surface area (Å²) in [5.41, 5.74) is 6.40. The van der Waals surface area contributed by atoms with Crippen molar-refractivity contribution in [2.45, 2.75) is 44.9 Å². The Hall–Kier alpha value is -1.06. The molecule has 1 aliphatic rings. The highest BCUT2D eigenvalue weighted by Gasteiger charge is 2.40. The summed E-state index contributed by atoms with van der Waals surface area (Å²) in [6, 6.07) is 7.76. The third kappa shape index (κ3) is 3.31. The molecule has 1 aliphatic heterocycles. The topological polar surface area (TPSA) is 46.3 Å². The van der Waals surface area contributed by atoms with Crippen molar-refractivity contribution in [2.75, 3.05) is 19.6 Å². The zero-order valence-electron chi connectivity index (χ0n) is 13.6. The van der Waals surface area contributed by atoms with Crippen LogP contribution < -0.4 is 5.73 Å². The number of amides is 1. The van der Waals surface area contributed by atoms with Gasteiger partial charge in [0.1, 0.15) is 0 Å². The van der Waals surface area contributed by atoms with E-state index in [1.807, 2.05) is 29.2 Å². The monoisotopic (exact) mass is 322 g/mol. The number of carbonyl (C=O) groups is 1. The van der Waals surface area contributed by atoms with Crippen molar-refractivity contribution in [1.82, 2.24) is 4.90 Å². The number of piperidine rings is 1. The molecular formula is C18H27ClN2O. The Labute approximate surface area is 138 Å². The largest absolute Gasteiger partial charge is 0.342 e. The van der Waals surface area contributed by atoms with Gasteiger partial charge in [-0.1, -0.05) is 37.6 Å². The molecule has 2 rings (SSSR count). The van der Waals surface area contributed by atoms with Gasteiger partial charge in [-0.05, 0) is 55.8 Å². The summed E-state index contributed by atoms with van der Waals surface area (Å²) in [7, 11) is 0. The lowest BCUT2D eigenvalue weighted by Crippen LogP contribution is -2.49. The first kappa shape index (κ1) is 17.3. The van der Waals surface area contributed by atoms with Gasteiger partial charge in [-0.3, -0.25) is 4.79 Å². The maximum atomic E-state index is 13.2. The predicted molar refractivity (Wildman–Crippen MR) is 92.1 cm³/mol. The van der Waals surface area contributed by atoms with Crippen molar-refractivity contribution >= 4 is 17.5 Å². The lowest BCUT2D eigenvalue weighted by molar-refractivity contribution is -0.139. The van der Waals surface area contributed by atoms with Gasteiger partial charge in [-0.25, -0.2) is 0 Å². The summed E-state index contributed by atoms with van der Waals surface area (Å²) in [6.45, 7) is 6.59. The number of nitrogens with zero attached hydrogens (tertiary/aromatic N) is 1. The van der Waals surface area contributed by atoms with Gasteiger partial charge in [0, 0.05) is 18.1 Å². The van der Waals surface area contributed by atoms with Gasteiger partial charge in [0.25, 0.3) is 0 Å². The Kier molecular flexibility index (Phi) is 5.87. The molecule has 0 atom stereocenters. The molecule has 0 aliphatic carbocycles. The molecule has 0 aromatic heterocycles. The van der Waals surface area contributed by atoms with Crippen LogP contribution in [0.15, 0.2) is 24.3 Å². The molecule has 1 heterocycles. The van der Waals surface area contributed by atoms with Gasteiger partial charge < -0.3 is 10.6 Å². The average molecular weight is 323 g/mol. The molecule has 1 aromatic carbocycles. The molecule has 2 N–H and O–H groups in total. The second-order valence-corrected chi connectivity index (χ2v) is 6.70. The van der Waals surface area contributed by atoms with Crippen LogP contribution in [0.1, 0.15) is 45.1 Å². The molecule has 0 saturated carbocycles. The fourth-order valence-electron chi connectivity index (χ4n) is 3.53. The molecule has 1 aromatic rings. The molecule has 22 heavy (non-hydrogen) atoms. The summed E-state index contributed by atoms with van der Waals surface area (Å²) in [6.07, 6.45) is 3.65. The fourth-order valence-corrected chi connectivity index (χ4v) is 3.65. The molecule has 3 nitrogen and oxygen atoms in total. The normalized spacial score (nSPS) is 16.8. The zero-order chi connectivity index (χ0) is 16.2. The Morgan fingerprint density at radius 3 is 2.23 bits per heavy atom. The molecule has 0 bridgehead atoms. The molecule has 0 radical (unpaired) electrons. The van der Waals surface area contributed by atoms with Gasteiger partial charge in [0.2, 0.25) is 5.91 Å². The second kappa shape index (κ2) is 7.47. The van der Waals surface area contributed by atoms with E-state index in [0.717, 1.165) is 50.9 Å². The third-order valence-corrected chi connectivity index (χ3v) is 5.50. The molecular weight excluding hydrogens is 296 g/mol. The summed E-state index contributed by atoms with van der Waals surface area (Å²) >= 11 is 6.00. The molecule has 1 amide bonds. The molecule has 4 heteroatoms. The van der Waals surface area contributed by atoms with E-state index >= 15 is 0 Å². The first-order valence-corrected chi connectivity index (χ1v) is 8.70. The maximum Gasteiger partial charge on any atom is 0.233 e. The number of hydrogen-bond donors (Lipinski definition) is 1. The minimum absolute atomic E-state index is 0.260. The Bertz CT molecular complexity index is 488. The van der Waals surface area contributed by atoms with Crippen LogP contribution in [0.25, 0.3) is 0 Å². The van der Waals surface area contributed by atoms with E-state index < -0.39 is 5.41 Å². The van der Waals surface area contributed by atoms with Crippen molar-refractivity contribution in [1.29, 1.82) is 0 Å². The van der Waals surface area contributed by atoms with E-state index in [4.69, 9.17) is 17.3 Å². The van der Waals surface area contributed by atoms with Crippen LogP contribution in [0.5, 0.6) is 0 Å². The summed E-state index contributed by atoms with van der Waals surface area (Å²) in [5.74, 6) is 0.826. The maximum absolute atomic E-state index is 13.2. The molecule has 0 spiro atoms. The number of nitrogens with two attached hydrogens (primary N) is 1. The molecule has 0 unspecified atom stereocenters. The summed E-state index contributed by atoms with van der Waals surface area (Å²) in [5, 5.41) is 0.709. The van der Waals surface area contributed by atoms with E-state index in [9.17, 15) is 4.79 Å². The van der Waals surface area contributed by atoms with Crippen molar-refractivity contribution in [3.63, 3.8) is 0 Å². The zero-order valence-corrected chi connectivity index (χ0v) is 14.4. The number of rotatable bonds is 5. The lowest BCUT2D eigenvalue weighted by atomic mass is 9.74. The summed E-state index contributed by atoms with van der Waals surface area (Å²) < 4.78 is 0. The minimum atomic E-state index is -0.430. The van der Waals surface area contributed by atoms with Gasteiger partial charge >= 0.3 is 0 Å². The molecule has 1 fully saturated rings. The van der Waals surface area contributed by atoms with Crippen LogP contribution in [0.2, 0.25) is 5.02 Å². The van der Waals surface area contributed by atoms with Gasteiger partial charge in [-0.15, -0.1) is 0 Å². The van der Waals surface area contributed by atoms with E-state index in [2.05, 4.69) is 13.8 Å². The quantitative estimate of drug-likeness (QED) is 0.900. The van der Waals surface area contributed by atoms with Crippen LogP contribution in [0, 0.1) is 5.92 Å². The highest BCUT2D eigenvalue weighted by Crippen LogP contribution is 2.35. The average Bonchev–Trinajstić information content (AvgIpc) is 2.58. The highest BCUT2D eigenvalue weighted by molar-refractivity contribution is 6.30. The highest BCUT2D eigenvalue weighted by atomic mass is 35.5. The molecule has 1 saturated heterocycles. The summed E-state index contributed by atoms with van der Waals surface area (Å²) in [4.78, 5) is 15.3. The van der Waals surface area contributed by atoms with E-state index in [1.54, 1.807) is 0 Å². The van der Waals surface area contributed by atoms with Crippen molar-refractivity contribution in [3.8, 4) is 0 Å². The number of hydrogen-bond acceptors (Lipinski definition) is 2. The Morgan fingerprint density at radius 1 is 1.23 bits per heavy atom. The number of benzene rings is 1. The first-order chi connectivity index (χ1) is 10.6. The van der Waals surface area contributed by atoms with Gasteiger partial charge in [0.15, 0.2) is 0 Å². The van der Waals surface area contributed by atoms with Crippen LogP contribution in [-0.4, -0.2) is 30.4 Å². The van der Waals surface area contributed by atoms with E-state index in [0.29, 0.717) is 10.9 Å². The standard InChI is InChI=1S/C18H27ClN2O/c1-3-18(4-2,15-5-7-16(19)8-6-15)17(22)21-11-9-14(13-20)10-12-21/h5-8,14H,3-4,9-13,20H2,1-2H3. The Balaban J connectivity index is 2.23. The van der Waals surface area contributed by atoms with Gasteiger partial charge in [0.05, 0.1) is 5.41 Å². The third-order valence-electron chi connectivity index (χ3n) is 5.25. The number of halogens is 1. The minimum Gasteiger partial charge on any atom is -0.342 e. The van der Waals surface area contributed by atoms with Crippen molar-refractivity contribution in [2.24, 2.45) is 11.7 Å². The molecule has 122 valence electrons. The lowest BCUT2D eigenvalue weighted by Gasteiger charge is -2.40. The van der Waals surface area contributed by atoms with Crippen LogP contribution in [0.3, 0.4) is 0 Å². The van der Waals surface area contributed by atoms with Crippen molar-refractivity contribution in [3.05, 3.63) is 34.9 Å². The van der Waals surface area contributed by atoms with Crippen LogP contribution >= 0.6 is 11.6 Å². The van der Waals surface area contributed by atoms with E-state index in [1.165, 1.54) is 0 Å². The predicted octanol–water partition coefficient (Wildman–Crippen LogP) is 3.60. The SMILES string of the molecule is CCC(CC)(C(=O)N1CCC(CN)CC1)c1ccc(Cl)cc1. The smallest absolute Gasteiger partial charge is 0.233 e. The van der Waals surface area contributed by atoms with Crippen LogP contribution in [-0.2, 0) is 10.2 Å². The first-order valence-electron chi connectivity index (χ1n) is 8.32.